The van der Waals surface area contributed by atoms with Crippen LogP contribution in [-0.4, -0.2) is 47.3 Å². The SMILES string of the molecule is CCOC(=O)c1c(-c2ccc(OC)c(OC)c2)csc1/N=C/c1c(O)n(C)c(=O)n(C)c1=O. The molecule has 0 aliphatic heterocycles. The minimum Gasteiger partial charge on any atom is -0.494 e. The Bertz CT molecular complexity index is 1350. The number of carbonyl (C=O) groups is 1. The largest absolute Gasteiger partial charge is 0.494 e. The molecule has 3 rings (SSSR count). The molecule has 0 unspecified atom stereocenters. The van der Waals surface area contributed by atoms with Crippen molar-refractivity contribution < 1.29 is 24.1 Å². The molecular formula is C22H23N3O7S. The fourth-order valence-electron chi connectivity index (χ4n) is 3.16. The molecule has 0 spiro atoms. The van der Waals surface area contributed by atoms with Crippen molar-refractivity contribution >= 4 is 28.5 Å². The van der Waals surface area contributed by atoms with Crippen LogP contribution < -0.4 is 20.7 Å². The topological polar surface area (TPSA) is 121 Å². The van der Waals surface area contributed by atoms with Crippen LogP contribution in [0.15, 0.2) is 38.2 Å². The number of methoxy groups -OCH3 is 2. The third kappa shape index (κ3) is 4.40. The minimum absolute atomic E-state index is 0.158. The Labute approximate surface area is 192 Å². The highest BCUT2D eigenvalue weighted by Gasteiger charge is 2.22. The van der Waals surface area contributed by atoms with Gasteiger partial charge in [0.15, 0.2) is 11.5 Å². The number of hydrogen-bond acceptors (Lipinski definition) is 9. The number of nitrogens with zero attached hydrogens (tertiary/aromatic N) is 3. The lowest BCUT2D eigenvalue weighted by Gasteiger charge is -2.10. The number of aromatic nitrogens is 2. The van der Waals surface area contributed by atoms with E-state index in [-0.39, 0.29) is 22.7 Å². The van der Waals surface area contributed by atoms with E-state index in [2.05, 4.69) is 4.99 Å². The van der Waals surface area contributed by atoms with Gasteiger partial charge in [-0.25, -0.2) is 14.6 Å². The van der Waals surface area contributed by atoms with E-state index in [0.717, 1.165) is 26.7 Å². The van der Waals surface area contributed by atoms with Crippen LogP contribution >= 0.6 is 11.3 Å². The van der Waals surface area contributed by atoms with Gasteiger partial charge in [-0.05, 0) is 24.6 Å². The van der Waals surface area contributed by atoms with Crippen LogP contribution in [-0.2, 0) is 18.8 Å². The fraction of sp³-hybridized carbons (Fsp3) is 0.273. The molecule has 10 nitrogen and oxygen atoms in total. The normalized spacial score (nSPS) is 11.1. The number of hydrogen-bond donors (Lipinski definition) is 1. The summed E-state index contributed by atoms with van der Waals surface area (Å²) in [4.78, 5) is 41.5. The first kappa shape index (κ1) is 23.8. The maximum absolute atomic E-state index is 12.8. The first-order valence-corrected chi connectivity index (χ1v) is 10.7. The molecule has 0 aliphatic carbocycles. The molecule has 2 heterocycles. The van der Waals surface area contributed by atoms with Gasteiger partial charge < -0.3 is 19.3 Å². The summed E-state index contributed by atoms with van der Waals surface area (Å²) in [6.45, 7) is 1.85. The predicted molar refractivity (Wildman–Crippen MR) is 125 cm³/mol. The van der Waals surface area contributed by atoms with Crippen molar-refractivity contribution in [2.75, 3.05) is 20.8 Å². The Morgan fingerprint density at radius 3 is 2.48 bits per heavy atom. The summed E-state index contributed by atoms with van der Waals surface area (Å²) >= 11 is 1.16. The van der Waals surface area contributed by atoms with Crippen LogP contribution in [0.25, 0.3) is 11.1 Å². The lowest BCUT2D eigenvalue weighted by Crippen LogP contribution is -2.38. The van der Waals surface area contributed by atoms with Gasteiger partial charge in [0.1, 0.15) is 16.1 Å². The molecule has 11 heteroatoms. The maximum atomic E-state index is 12.8. The lowest BCUT2D eigenvalue weighted by molar-refractivity contribution is 0.0529. The van der Waals surface area contributed by atoms with E-state index in [1.165, 1.54) is 28.3 Å². The molecule has 0 aliphatic rings. The molecular weight excluding hydrogens is 450 g/mol. The summed E-state index contributed by atoms with van der Waals surface area (Å²) in [5.41, 5.74) is -0.136. The van der Waals surface area contributed by atoms with E-state index >= 15 is 0 Å². The monoisotopic (exact) mass is 473 g/mol. The summed E-state index contributed by atoms with van der Waals surface area (Å²) in [6, 6.07) is 5.22. The van der Waals surface area contributed by atoms with E-state index in [1.807, 2.05) is 0 Å². The molecule has 0 amide bonds. The van der Waals surface area contributed by atoms with E-state index < -0.39 is 23.1 Å². The smallest absolute Gasteiger partial charge is 0.341 e. The number of esters is 1. The second-order valence-electron chi connectivity index (χ2n) is 6.82. The summed E-state index contributed by atoms with van der Waals surface area (Å²) in [7, 11) is 5.67. The number of thiophene rings is 1. The first-order valence-electron chi connectivity index (χ1n) is 9.79. The molecule has 2 aromatic heterocycles. The van der Waals surface area contributed by atoms with Crippen LogP contribution in [0.2, 0.25) is 0 Å². The Kier molecular flexibility index (Phi) is 7.02. The molecule has 33 heavy (non-hydrogen) atoms. The Balaban J connectivity index is 2.16. The van der Waals surface area contributed by atoms with Gasteiger partial charge in [-0.2, -0.15) is 0 Å². The van der Waals surface area contributed by atoms with Crippen molar-refractivity contribution in [2.45, 2.75) is 6.92 Å². The lowest BCUT2D eigenvalue weighted by atomic mass is 10.0. The Morgan fingerprint density at radius 2 is 1.85 bits per heavy atom. The molecule has 174 valence electrons. The van der Waals surface area contributed by atoms with Crippen LogP contribution in [0.4, 0.5) is 5.00 Å². The zero-order chi connectivity index (χ0) is 24.3. The number of rotatable bonds is 7. The van der Waals surface area contributed by atoms with E-state index in [1.54, 1.807) is 30.5 Å². The van der Waals surface area contributed by atoms with Crippen LogP contribution in [0.5, 0.6) is 17.4 Å². The van der Waals surface area contributed by atoms with Gasteiger partial charge in [0, 0.05) is 31.3 Å². The molecule has 0 radical (unpaired) electrons. The second-order valence-corrected chi connectivity index (χ2v) is 7.68. The van der Waals surface area contributed by atoms with Crippen LogP contribution in [0, 0.1) is 0 Å². The van der Waals surface area contributed by atoms with Crippen molar-refractivity contribution in [1.29, 1.82) is 0 Å². The highest BCUT2D eigenvalue weighted by molar-refractivity contribution is 7.14. The van der Waals surface area contributed by atoms with Crippen molar-refractivity contribution in [2.24, 2.45) is 19.1 Å². The zero-order valence-electron chi connectivity index (χ0n) is 18.7. The second kappa shape index (κ2) is 9.74. The van der Waals surface area contributed by atoms with E-state index in [9.17, 15) is 19.5 Å². The molecule has 0 atom stereocenters. The van der Waals surface area contributed by atoms with Crippen molar-refractivity contribution in [3.8, 4) is 28.5 Å². The van der Waals surface area contributed by atoms with Gasteiger partial charge in [-0.1, -0.05) is 6.07 Å². The molecule has 0 saturated carbocycles. The molecule has 3 aromatic rings. The number of aromatic hydroxyl groups is 1. The van der Waals surface area contributed by atoms with E-state index in [4.69, 9.17) is 14.2 Å². The van der Waals surface area contributed by atoms with Gasteiger partial charge in [0.05, 0.1) is 20.8 Å². The predicted octanol–water partition coefficient (Wildman–Crippen LogP) is 2.46. The first-order chi connectivity index (χ1) is 15.7. The number of carbonyl (C=O) groups excluding carboxylic acids is 1. The zero-order valence-corrected chi connectivity index (χ0v) is 19.6. The average Bonchev–Trinajstić information content (AvgIpc) is 3.25. The summed E-state index contributed by atoms with van der Waals surface area (Å²) in [5, 5.41) is 12.3. The quantitative estimate of drug-likeness (QED) is 0.413. The number of benzene rings is 1. The van der Waals surface area contributed by atoms with Crippen molar-refractivity contribution in [3.05, 3.63) is 55.5 Å². The highest BCUT2D eigenvalue weighted by atomic mass is 32.1. The van der Waals surface area contributed by atoms with Crippen molar-refractivity contribution in [1.82, 2.24) is 9.13 Å². The number of aliphatic imine (C=N–C) groups is 1. The van der Waals surface area contributed by atoms with Gasteiger partial charge in [-0.15, -0.1) is 11.3 Å². The van der Waals surface area contributed by atoms with Gasteiger partial charge in [0.2, 0.25) is 5.88 Å². The molecule has 0 saturated heterocycles. The fourth-order valence-corrected chi connectivity index (χ4v) is 4.06. The van der Waals surface area contributed by atoms with Gasteiger partial charge in [0.25, 0.3) is 5.56 Å². The molecule has 1 N–H and O–H groups in total. The van der Waals surface area contributed by atoms with Crippen molar-refractivity contribution in [3.63, 3.8) is 0 Å². The summed E-state index contributed by atoms with van der Waals surface area (Å²) < 4.78 is 17.6. The van der Waals surface area contributed by atoms with Gasteiger partial charge >= 0.3 is 11.7 Å². The highest BCUT2D eigenvalue weighted by Crippen LogP contribution is 2.40. The minimum atomic E-state index is -0.714. The Morgan fingerprint density at radius 1 is 1.15 bits per heavy atom. The van der Waals surface area contributed by atoms with Crippen LogP contribution in [0.1, 0.15) is 22.8 Å². The Hall–Kier alpha value is -3.86. The third-order valence-electron chi connectivity index (χ3n) is 4.92. The average molecular weight is 474 g/mol. The standard InChI is InChI=1S/C22H23N3O7S/c1-6-32-21(28)17-14(12-7-8-15(30-4)16(9-12)31-5)11-33-18(17)23-10-13-19(26)24(2)22(29)25(3)20(13)27/h7-11,26H,6H2,1-5H3/b23-10+. The maximum Gasteiger partial charge on any atom is 0.341 e. The molecule has 0 fully saturated rings. The van der Waals surface area contributed by atoms with E-state index in [0.29, 0.717) is 22.6 Å². The molecule has 1 aromatic carbocycles. The third-order valence-corrected chi connectivity index (χ3v) is 5.81. The molecule has 0 bridgehead atoms. The van der Waals surface area contributed by atoms with Crippen LogP contribution in [0.3, 0.4) is 0 Å². The van der Waals surface area contributed by atoms with Gasteiger partial charge in [-0.3, -0.25) is 13.9 Å². The summed E-state index contributed by atoms with van der Waals surface area (Å²) in [6.07, 6.45) is 1.13. The number of ether oxygens (including phenoxy) is 3. The summed E-state index contributed by atoms with van der Waals surface area (Å²) in [5.74, 6) is -0.0948.